The second-order valence-corrected chi connectivity index (χ2v) is 3.72. The van der Waals surface area contributed by atoms with Gasteiger partial charge in [0.1, 0.15) is 0 Å². The topological polar surface area (TPSA) is 64.5 Å². The zero-order valence-corrected chi connectivity index (χ0v) is 8.44. The molecule has 1 N–H and O–H groups in total. The average Bonchev–Trinajstić information content (AvgIpc) is 2.76. The largest absolute Gasteiger partial charge is 0.393 e. The van der Waals surface area contributed by atoms with Gasteiger partial charge in [0.25, 0.3) is 0 Å². The average molecular weight is 216 g/mol. The van der Waals surface area contributed by atoms with Crippen LogP contribution in [0, 0.1) is 0 Å². The molecule has 2 heterocycles. The number of aliphatic hydroxyl groups excluding tert-OH is 1. The predicted octanol–water partition coefficient (Wildman–Crippen LogP) is 0.204. The van der Waals surface area contributed by atoms with Crippen molar-refractivity contribution in [2.24, 2.45) is 0 Å². The molecule has 0 bridgehead atoms. The molecule has 0 spiro atoms. The Balaban J connectivity index is 1.75. The molecule has 1 aromatic heterocycles. The van der Waals surface area contributed by atoms with Gasteiger partial charge in [0.15, 0.2) is 6.29 Å². The van der Waals surface area contributed by atoms with Crippen molar-refractivity contribution in [3.63, 3.8) is 0 Å². The van der Waals surface area contributed by atoms with Crippen LogP contribution in [0.4, 0.5) is 0 Å². The molecule has 1 fully saturated rings. The van der Waals surface area contributed by atoms with E-state index in [-0.39, 0.29) is 6.29 Å². The van der Waals surface area contributed by atoms with Crippen LogP contribution in [-0.4, -0.2) is 39.5 Å². The van der Waals surface area contributed by atoms with E-state index in [1.54, 1.807) is 6.20 Å². The monoisotopic (exact) mass is 216 g/mol. The van der Waals surface area contributed by atoms with E-state index < -0.39 is 6.10 Å². The SMILES string of the molecule is OC(Cc1cnsn1)CC1OCCO1. The van der Waals surface area contributed by atoms with Crippen LogP contribution in [0.15, 0.2) is 6.20 Å². The molecule has 0 aliphatic carbocycles. The maximum Gasteiger partial charge on any atom is 0.160 e. The van der Waals surface area contributed by atoms with E-state index in [9.17, 15) is 5.11 Å². The molecule has 1 aliphatic rings. The summed E-state index contributed by atoms with van der Waals surface area (Å²) in [5.41, 5.74) is 0.820. The van der Waals surface area contributed by atoms with Gasteiger partial charge in [-0.15, -0.1) is 0 Å². The molecule has 0 radical (unpaired) electrons. The highest BCUT2D eigenvalue weighted by atomic mass is 32.1. The van der Waals surface area contributed by atoms with Crippen LogP contribution in [0.5, 0.6) is 0 Å². The molecule has 1 saturated heterocycles. The summed E-state index contributed by atoms with van der Waals surface area (Å²) < 4.78 is 18.3. The Labute approximate surface area is 86.0 Å². The van der Waals surface area contributed by atoms with E-state index in [1.807, 2.05) is 0 Å². The summed E-state index contributed by atoms with van der Waals surface area (Å²) in [6.07, 6.45) is 1.96. The van der Waals surface area contributed by atoms with E-state index in [2.05, 4.69) is 8.75 Å². The van der Waals surface area contributed by atoms with Crippen molar-refractivity contribution < 1.29 is 14.6 Å². The molecule has 1 unspecified atom stereocenters. The number of aromatic nitrogens is 2. The highest BCUT2D eigenvalue weighted by Crippen LogP contribution is 2.13. The first kappa shape index (κ1) is 9.97. The Kier molecular flexibility index (Phi) is 3.41. The Morgan fingerprint density at radius 2 is 2.36 bits per heavy atom. The number of hydrogen-bond acceptors (Lipinski definition) is 6. The molecular formula is C8H12N2O3S. The Morgan fingerprint density at radius 3 is 3.00 bits per heavy atom. The number of aliphatic hydroxyl groups is 1. The van der Waals surface area contributed by atoms with Gasteiger partial charge in [-0.3, -0.25) is 0 Å². The van der Waals surface area contributed by atoms with Gasteiger partial charge in [-0.2, -0.15) is 8.75 Å². The van der Waals surface area contributed by atoms with E-state index >= 15 is 0 Å². The van der Waals surface area contributed by atoms with Crippen LogP contribution in [0.3, 0.4) is 0 Å². The zero-order valence-electron chi connectivity index (χ0n) is 7.63. The summed E-state index contributed by atoms with van der Waals surface area (Å²) in [5.74, 6) is 0. The van der Waals surface area contributed by atoms with Crippen molar-refractivity contribution in [1.29, 1.82) is 0 Å². The van der Waals surface area contributed by atoms with E-state index in [1.165, 1.54) is 0 Å². The summed E-state index contributed by atoms with van der Waals surface area (Å²) in [6, 6.07) is 0. The predicted molar refractivity (Wildman–Crippen MR) is 49.9 cm³/mol. The first-order valence-electron chi connectivity index (χ1n) is 4.52. The Hall–Kier alpha value is -0.560. The fourth-order valence-corrected chi connectivity index (χ4v) is 1.81. The summed E-state index contributed by atoms with van der Waals surface area (Å²) in [4.78, 5) is 0. The summed E-state index contributed by atoms with van der Waals surface area (Å²) in [5, 5.41) is 9.66. The highest BCUT2D eigenvalue weighted by Gasteiger charge is 2.20. The third-order valence-electron chi connectivity index (χ3n) is 2.01. The summed E-state index contributed by atoms with van der Waals surface area (Å²) in [7, 11) is 0. The summed E-state index contributed by atoms with van der Waals surface area (Å²) >= 11 is 1.15. The van der Waals surface area contributed by atoms with Crippen molar-refractivity contribution in [3.8, 4) is 0 Å². The molecule has 2 rings (SSSR count). The molecule has 0 saturated carbocycles. The van der Waals surface area contributed by atoms with Gasteiger partial charge >= 0.3 is 0 Å². The molecule has 1 aromatic rings. The molecule has 6 heteroatoms. The lowest BCUT2D eigenvalue weighted by Gasteiger charge is -2.13. The second kappa shape index (κ2) is 4.79. The lowest BCUT2D eigenvalue weighted by Crippen LogP contribution is -2.20. The van der Waals surface area contributed by atoms with Crippen LogP contribution in [0.25, 0.3) is 0 Å². The third-order valence-corrected chi connectivity index (χ3v) is 2.52. The Morgan fingerprint density at radius 1 is 1.57 bits per heavy atom. The highest BCUT2D eigenvalue weighted by molar-refractivity contribution is 6.99. The normalized spacial score (nSPS) is 20.1. The molecule has 14 heavy (non-hydrogen) atoms. The lowest BCUT2D eigenvalue weighted by molar-refractivity contribution is -0.0699. The quantitative estimate of drug-likeness (QED) is 0.779. The Bertz CT molecular complexity index is 262. The minimum atomic E-state index is -0.470. The molecule has 5 nitrogen and oxygen atoms in total. The first-order chi connectivity index (χ1) is 6.84. The number of rotatable bonds is 4. The number of hydrogen-bond donors (Lipinski definition) is 1. The molecule has 0 amide bonds. The van der Waals surface area contributed by atoms with E-state index in [0.29, 0.717) is 26.1 Å². The van der Waals surface area contributed by atoms with Crippen LogP contribution in [0.2, 0.25) is 0 Å². The molecule has 1 aliphatic heterocycles. The van der Waals surface area contributed by atoms with Crippen LogP contribution in [0.1, 0.15) is 12.1 Å². The van der Waals surface area contributed by atoms with Crippen molar-refractivity contribution in [1.82, 2.24) is 8.75 Å². The maximum atomic E-state index is 9.66. The smallest absolute Gasteiger partial charge is 0.160 e. The van der Waals surface area contributed by atoms with Gasteiger partial charge in [-0.1, -0.05) is 0 Å². The van der Waals surface area contributed by atoms with Gasteiger partial charge in [-0.25, -0.2) is 0 Å². The van der Waals surface area contributed by atoms with Crippen molar-refractivity contribution in [2.45, 2.75) is 25.2 Å². The van der Waals surface area contributed by atoms with Crippen molar-refractivity contribution in [2.75, 3.05) is 13.2 Å². The molecule has 78 valence electrons. The van der Waals surface area contributed by atoms with E-state index in [4.69, 9.17) is 9.47 Å². The minimum absolute atomic E-state index is 0.253. The first-order valence-corrected chi connectivity index (χ1v) is 5.25. The minimum Gasteiger partial charge on any atom is -0.393 e. The van der Waals surface area contributed by atoms with Crippen LogP contribution >= 0.6 is 11.7 Å². The maximum absolute atomic E-state index is 9.66. The van der Waals surface area contributed by atoms with Crippen molar-refractivity contribution in [3.05, 3.63) is 11.9 Å². The van der Waals surface area contributed by atoms with Gasteiger partial charge < -0.3 is 14.6 Å². The van der Waals surface area contributed by atoms with Gasteiger partial charge in [0.2, 0.25) is 0 Å². The molecular weight excluding hydrogens is 204 g/mol. The van der Waals surface area contributed by atoms with E-state index in [0.717, 1.165) is 17.4 Å². The van der Waals surface area contributed by atoms with Gasteiger partial charge in [0.05, 0.1) is 42.9 Å². The van der Waals surface area contributed by atoms with Gasteiger partial charge in [-0.05, 0) is 0 Å². The number of nitrogens with zero attached hydrogens (tertiary/aromatic N) is 2. The number of ether oxygens (including phenoxy) is 2. The van der Waals surface area contributed by atoms with Gasteiger partial charge in [0, 0.05) is 12.8 Å². The standard InChI is InChI=1S/C8H12N2O3S/c11-7(3-6-5-9-14-10-6)4-8-12-1-2-13-8/h5,7-8,11H,1-4H2. The fourth-order valence-electron chi connectivity index (χ4n) is 1.36. The van der Waals surface area contributed by atoms with Crippen LogP contribution in [-0.2, 0) is 15.9 Å². The zero-order chi connectivity index (χ0) is 9.80. The van der Waals surface area contributed by atoms with Crippen LogP contribution < -0.4 is 0 Å². The molecule has 1 atom stereocenters. The van der Waals surface area contributed by atoms with Crippen molar-refractivity contribution >= 4 is 11.7 Å². The lowest BCUT2D eigenvalue weighted by atomic mass is 10.1. The molecule has 0 aromatic carbocycles. The second-order valence-electron chi connectivity index (χ2n) is 3.16. The third kappa shape index (κ3) is 2.71. The fraction of sp³-hybridized carbons (Fsp3) is 0.750. The summed E-state index contributed by atoms with van der Waals surface area (Å²) in [6.45, 7) is 1.24.